The molecule has 8 heteroatoms. The fourth-order valence-electron chi connectivity index (χ4n) is 3.31. The van der Waals surface area contributed by atoms with Gasteiger partial charge in [0.1, 0.15) is 17.1 Å². The average Bonchev–Trinajstić information content (AvgIpc) is 3.41. The van der Waals surface area contributed by atoms with E-state index in [1.165, 1.54) is 0 Å². The van der Waals surface area contributed by atoms with E-state index < -0.39 is 0 Å². The molecule has 0 spiro atoms. The molecule has 0 unspecified atom stereocenters. The fraction of sp³-hybridized carbons (Fsp3) is 0.261. The number of nitrogens with zero attached hydrogens (tertiary/aromatic N) is 4. The van der Waals surface area contributed by atoms with E-state index in [2.05, 4.69) is 20.4 Å². The first kappa shape index (κ1) is 20.5. The summed E-state index contributed by atoms with van der Waals surface area (Å²) >= 11 is 0. The third-order valence-electron chi connectivity index (χ3n) is 5.01. The number of aromatic nitrogens is 4. The molecule has 0 aliphatic rings. The number of carbonyl (C=O) groups excluding carboxylic acids is 2. The van der Waals surface area contributed by atoms with Gasteiger partial charge in [0.25, 0.3) is 5.91 Å². The Hall–Kier alpha value is -3.81. The number of rotatable bonds is 8. The van der Waals surface area contributed by atoms with E-state index in [-0.39, 0.29) is 11.7 Å². The molecule has 0 fully saturated rings. The molecule has 0 aliphatic carbocycles. The molecular weight excluding hydrogens is 394 g/mol. The number of hydrogen-bond acceptors (Lipinski definition) is 6. The fourth-order valence-corrected chi connectivity index (χ4v) is 3.31. The average molecular weight is 417 g/mol. The summed E-state index contributed by atoms with van der Waals surface area (Å²) < 4.78 is 7.03. The molecule has 0 radical (unpaired) electrons. The van der Waals surface area contributed by atoms with Crippen LogP contribution in [0.25, 0.3) is 17.0 Å². The quantitative estimate of drug-likeness (QED) is 0.460. The van der Waals surface area contributed by atoms with E-state index in [9.17, 15) is 9.59 Å². The van der Waals surface area contributed by atoms with Gasteiger partial charge in [0.15, 0.2) is 0 Å². The Labute approximate surface area is 179 Å². The van der Waals surface area contributed by atoms with Gasteiger partial charge in [-0.2, -0.15) is 4.98 Å². The normalized spacial score (nSPS) is 11.0. The van der Waals surface area contributed by atoms with Crippen LogP contribution >= 0.6 is 0 Å². The Balaban J connectivity index is 1.51. The lowest BCUT2D eigenvalue weighted by Crippen LogP contribution is -2.15. The summed E-state index contributed by atoms with van der Waals surface area (Å²) in [6.07, 6.45) is 5.57. The summed E-state index contributed by atoms with van der Waals surface area (Å²) in [5.41, 5.74) is 3.42. The highest BCUT2D eigenvalue weighted by molar-refractivity contribution is 6.04. The summed E-state index contributed by atoms with van der Waals surface area (Å²) in [5.74, 6) is 0.775. The van der Waals surface area contributed by atoms with Gasteiger partial charge < -0.3 is 9.84 Å². The number of amides is 1. The number of hydrogen-bond donors (Lipinski definition) is 1. The van der Waals surface area contributed by atoms with Gasteiger partial charge in [0.2, 0.25) is 11.7 Å². The zero-order valence-electron chi connectivity index (χ0n) is 17.5. The van der Waals surface area contributed by atoms with Crippen LogP contribution in [0.3, 0.4) is 0 Å². The Kier molecular flexibility index (Phi) is 5.88. The SMILES string of the molecule is CCCC(=O)CCc1nc(-c2ccc(C)c(NC(=O)c3cnc4ccccn34)c2)no1. The van der Waals surface area contributed by atoms with Crippen LogP contribution in [0.2, 0.25) is 0 Å². The monoisotopic (exact) mass is 417 g/mol. The van der Waals surface area contributed by atoms with Gasteiger partial charge in [-0.25, -0.2) is 4.98 Å². The molecule has 1 aromatic carbocycles. The molecule has 1 N–H and O–H groups in total. The second-order valence-corrected chi connectivity index (χ2v) is 7.36. The Morgan fingerprint density at radius 3 is 2.87 bits per heavy atom. The topological polar surface area (TPSA) is 102 Å². The zero-order chi connectivity index (χ0) is 21.8. The summed E-state index contributed by atoms with van der Waals surface area (Å²) in [6, 6.07) is 11.1. The largest absolute Gasteiger partial charge is 0.339 e. The maximum Gasteiger partial charge on any atom is 0.274 e. The maximum atomic E-state index is 12.8. The molecule has 0 atom stereocenters. The van der Waals surface area contributed by atoms with Gasteiger partial charge in [0, 0.05) is 36.7 Å². The highest BCUT2D eigenvalue weighted by atomic mass is 16.5. The lowest BCUT2D eigenvalue weighted by atomic mass is 10.1. The van der Waals surface area contributed by atoms with Gasteiger partial charge in [-0.1, -0.05) is 30.3 Å². The first-order chi connectivity index (χ1) is 15.0. The van der Waals surface area contributed by atoms with Crippen LogP contribution in [-0.2, 0) is 11.2 Å². The number of pyridine rings is 1. The van der Waals surface area contributed by atoms with E-state index in [1.54, 1.807) is 16.8 Å². The number of imidazole rings is 1. The molecule has 0 bridgehead atoms. The summed E-state index contributed by atoms with van der Waals surface area (Å²) in [4.78, 5) is 33.2. The number of carbonyl (C=O) groups is 2. The van der Waals surface area contributed by atoms with E-state index in [4.69, 9.17) is 4.52 Å². The van der Waals surface area contributed by atoms with E-state index in [0.717, 1.165) is 12.0 Å². The predicted molar refractivity (Wildman–Crippen MR) is 116 cm³/mol. The van der Waals surface area contributed by atoms with Crippen LogP contribution in [0, 0.1) is 6.92 Å². The molecule has 0 saturated heterocycles. The molecule has 4 aromatic rings. The lowest BCUT2D eigenvalue weighted by molar-refractivity contribution is -0.119. The summed E-state index contributed by atoms with van der Waals surface area (Å²) in [7, 11) is 0. The van der Waals surface area contributed by atoms with Gasteiger partial charge in [0.05, 0.1) is 6.20 Å². The minimum Gasteiger partial charge on any atom is -0.339 e. The third-order valence-corrected chi connectivity index (χ3v) is 5.01. The number of ketones is 1. The van der Waals surface area contributed by atoms with Crippen molar-refractivity contribution in [3.63, 3.8) is 0 Å². The second kappa shape index (κ2) is 8.91. The van der Waals surface area contributed by atoms with E-state index in [0.29, 0.717) is 53.6 Å². The number of Topliss-reactive ketones (excluding diaryl/α,β-unsaturated/α-hetero) is 1. The van der Waals surface area contributed by atoms with Crippen molar-refractivity contribution in [3.05, 3.63) is 65.9 Å². The Bertz CT molecular complexity index is 1240. The predicted octanol–water partition coefficient (Wildman–Crippen LogP) is 4.25. The van der Waals surface area contributed by atoms with E-state index in [1.807, 2.05) is 50.2 Å². The van der Waals surface area contributed by atoms with Gasteiger partial charge in [-0.05, 0) is 37.1 Å². The molecule has 1 amide bonds. The van der Waals surface area contributed by atoms with Crippen molar-refractivity contribution >= 4 is 23.0 Å². The molecule has 3 heterocycles. The molecule has 0 saturated carbocycles. The van der Waals surface area contributed by atoms with Crippen molar-refractivity contribution in [3.8, 4) is 11.4 Å². The van der Waals surface area contributed by atoms with Crippen LogP contribution in [0.15, 0.2) is 53.3 Å². The van der Waals surface area contributed by atoms with Crippen LogP contribution in [-0.4, -0.2) is 31.2 Å². The number of anilines is 1. The van der Waals surface area contributed by atoms with Crippen molar-refractivity contribution in [1.82, 2.24) is 19.5 Å². The molecule has 0 aliphatic heterocycles. The number of aryl methyl sites for hydroxylation is 2. The summed E-state index contributed by atoms with van der Waals surface area (Å²) in [6.45, 7) is 3.89. The second-order valence-electron chi connectivity index (χ2n) is 7.36. The zero-order valence-corrected chi connectivity index (χ0v) is 17.5. The first-order valence-corrected chi connectivity index (χ1v) is 10.2. The van der Waals surface area contributed by atoms with E-state index >= 15 is 0 Å². The van der Waals surface area contributed by atoms with Gasteiger partial charge >= 0.3 is 0 Å². The van der Waals surface area contributed by atoms with Crippen LogP contribution in [0.5, 0.6) is 0 Å². The van der Waals surface area contributed by atoms with Gasteiger partial charge in [-0.15, -0.1) is 0 Å². The van der Waals surface area contributed by atoms with Crippen LogP contribution in [0.4, 0.5) is 5.69 Å². The molecular formula is C23H23N5O3. The number of fused-ring (bicyclic) bond motifs is 1. The lowest BCUT2D eigenvalue weighted by Gasteiger charge is -2.09. The Morgan fingerprint density at radius 1 is 1.16 bits per heavy atom. The molecule has 158 valence electrons. The van der Waals surface area contributed by atoms with Crippen molar-refractivity contribution in [2.24, 2.45) is 0 Å². The first-order valence-electron chi connectivity index (χ1n) is 10.2. The van der Waals surface area contributed by atoms with Gasteiger partial charge in [-0.3, -0.25) is 14.0 Å². The third kappa shape index (κ3) is 4.53. The molecule has 31 heavy (non-hydrogen) atoms. The van der Waals surface area contributed by atoms with Crippen molar-refractivity contribution in [1.29, 1.82) is 0 Å². The highest BCUT2D eigenvalue weighted by Crippen LogP contribution is 2.24. The van der Waals surface area contributed by atoms with Crippen molar-refractivity contribution in [2.75, 3.05) is 5.32 Å². The maximum absolute atomic E-state index is 12.8. The van der Waals surface area contributed by atoms with Crippen LogP contribution in [0.1, 0.15) is 48.1 Å². The smallest absolute Gasteiger partial charge is 0.274 e. The minimum absolute atomic E-state index is 0.190. The molecule has 3 aromatic heterocycles. The Morgan fingerprint density at radius 2 is 2.03 bits per heavy atom. The standard InChI is InChI=1S/C23H23N5O3/c1-3-6-17(29)10-11-21-26-22(27-31-21)16-9-8-15(2)18(13-16)25-23(30)19-14-24-20-7-4-5-12-28(19)20/h4-5,7-9,12-14H,3,6,10-11H2,1-2H3,(H,25,30). The number of benzene rings is 1. The number of nitrogens with one attached hydrogen (secondary N) is 1. The highest BCUT2D eigenvalue weighted by Gasteiger charge is 2.15. The molecule has 4 rings (SSSR count). The van der Waals surface area contributed by atoms with Crippen molar-refractivity contribution in [2.45, 2.75) is 39.5 Å². The van der Waals surface area contributed by atoms with Crippen LogP contribution < -0.4 is 5.32 Å². The summed E-state index contributed by atoms with van der Waals surface area (Å²) in [5, 5.41) is 6.97. The van der Waals surface area contributed by atoms with Crippen molar-refractivity contribution < 1.29 is 14.1 Å². The molecule has 8 nitrogen and oxygen atoms in total. The minimum atomic E-state index is -0.262.